The molecular formula is C10H13NO. The molecule has 12 heavy (non-hydrogen) atoms. The van der Waals surface area contributed by atoms with Gasteiger partial charge in [-0.15, -0.1) is 6.58 Å². The van der Waals surface area contributed by atoms with Crippen LogP contribution in [0.15, 0.2) is 29.8 Å². The summed E-state index contributed by atoms with van der Waals surface area (Å²) >= 11 is 0. The Kier molecular flexibility index (Phi) is 1.65. The van der Waals surface area contributed by atoms with Gasteiger partial charge in [0, 0.05) is 6.42 Å². The maximum atomic E-state index is 5.69. The van der Waals surface area contributed by atoms with Crippen molar-refractivity contribution in [2.75, 3.05) is 6.54 Å². The lowest BCUT2D eigenvalue weighted by Gasteiger charge is -2.16. The molecule has 0 amide bonds. The minimum absolute atomic E-state index is 0.201. The average Bonchev–Trinajstić information content (AvgIpc) is 2.55. The van der Waals surface area contributed by atoms with Gasteiger partial charge in [0.1, 0.15) is 5.60 Å². The summed E-state index contributed by atoms with van der Waals surface area (Å²) in [4.78, 5) is 4.42. The number of hydrogen-bond acceptors (Lipinski definition) is 2. The molecule has 2 nitrogen and oxygen atoms in total. The predicted molar refractivity (Wildman–Crippen MR) is 49.5 cm³/mol. The van der Waals surface area contributed by atoms with Crippen molar-refractivity contribution in [2.45, 2.75) is 25.0 Å². The highest BCUT2D eigenvalue weighted by molar-refractivity contribution is 5.97. The SMILES string of the molecule is C=CCN=C1CC2C=CC1(C)O2. The van der Waals surface area contributed by atoms with Crippen LogP contribution in [0.4, 0.5) is 0 Å². The number of ether oxygens (including phenoxy) is 1. The van der Waals surface area contributed by atoms with Crippen molar-refractivity contribution in [3.63, 3.8) is 0 Å². The summed E-state index contributed by atoms with van der Waals surface area (Å²) < 4.78 is 5.69. The molecule has 1 fully saturated rings. The molecule has 2 bridgehead atoms. The Morgan fingerprint density at radius 2 is 2.75 bits per heavy atom. The van der Waals surface area contributed by atoms with Crippen molar-refractivity contribution in [1.29, 1.82) is 0 Å². The maximum Gasteiger partial charge on any atom is 0.122 e. The van der Waals surface area contributed by atoms with Crippen LogP contribution in [-0.2, 0) is 4.74 Å². The number of nitrogens with zero attached hydrogens (tertiary/aromatic N) is 1. The van der Waals surface area contributed by atoms with E-state index in [2.05, 4.69) is 30.6 Å². The first kappa shape index (κ1) is 7.74. The van der Waals surface area contributed by atoms with E-state index in [9.17, 15) is 0 Å². The van der Waals surface area contributed by atoms with E-state index < -0.39 is 0 Å². The molecule has 0 aromatic carbocycles. The third kappa shape index (κ3) is 1.03. The van der Waals surface area contributed by atoms with E-state index in [0.717, 1.165) is 12.1 Å². The highest BCUT2D eigenvalue weighted by Gasteiger charge is 2.43. The van der Waals surface area contributed by atoms with E-state index in [0.29, 0.717) is 6.54 Å². The van der Waals surface area contributed by atoms with Gasteiger partial charge in [0.25, 0.3) is 0 Å². The molecule has 2 heterocycles. The topological polar surface area (TPSA) is 21.6 Å². The van der Waals surface area contributed by atoms with Crippen LogP contribution >= 0.6 is 0 Å². The molecule has 2 aliphatic rings. The number of fused-ring (bicyclic) bond motifs is 2. The Hall–Kier alpha value is -0.890. The van der Waals surface area contributed by atoms with Gasteiger partial charge in [-0.25, -0.2) is 0 Å². The molecule has 0 spiro atoms. The molecule has 0 saturated carbocycles. The second kappa shape index (κ2) is 2.56. The van der Waals surface area contributed by atoms with Gasteiger partial charge in [-0.1, -0.05) is 12.2 Å². The zero-order chi connectivity index (χ0) is 8.60. The third-order valence-electron chi connectivity index (χ3n) is 2.40. The van der Waals surface area contributed by atoms with E-state index in [4.69, 9.17) is 4.74 Å². The van der Waals surface area contributed by atoms with E-state index in [1.165, 1.54) is 0 Å². The summed E-state index contributed by atoms with van der Waals surface area (Å²) in [5, 5.41) is 0. The molecule has 0 N–H and O–H groups in total. The normalized spacial score (nSPS) is 41.1. The first-order valence-corrected chi connectivity index (χ1v) is 4.26. The number of rotatable bonds is 2. The molecule has 2 rings (SSSR count). The quantitative estimate of drug-likeness (QED) is 0.568. The molecule has 64 valence electrons. The first-order valence-electron chi connectivity index (χ1n) is 4.26. The molecular weight excluding hydrogens is 150 g/mol. The van der Waals surface area contributed by atoms with Crippen LogP contribution in [0.25, 0.3) is 0 Å². The van der Waals surface area contributed by atoms with Crippen molar-refractivity contribution in [3.8, 4) is 0 Å². The second-order valence-corrected chi connectivity index (χ2v) is 3.40. The standard InChI is InChI=1S/C10H13NO/c1-3-6-11-9-7-8-4-5-10(9,2)12-8/h3-5,8H,1,6-7H2,2H3. The van der Waals surface area contributed by atoms with Crippen LogP contribution in [0, 0.1) is 0 Å². The lowest BCUT2D eigenvalue weighted by atomic mass is 9.94. The molecule has 0 aliphatic carbocycles. The molecule has 0 aromatic heterocycles. The Labute approximate surface area is 72.6 Å². The van der Waals surface area contributed by atoms with Crippen LogP contribution in [0.1, 0.15) is 13.3 Å². The molecule has 1 saturated heterocycles. The minimum Gasteiger partial charge on any atom is -0.358 e. The summed E-state index contributed by atoms with van der Waals surface area (Å²) in [5.41, 5.74) is 0.961. The Balaban J connectivity index is 2.20. The largest absolute Gasteiger partial charge is 0.358 e. The summed E-state index contributed by atoms with van der Waals surface area (Å²) in [6, 6.07) is 0. The van der Waals surface area contributed by atoms with Crippen molar-refractivity contribution in [1.82, 2.24) is 0 Å². The van der Waals surface area contributed by atoms with Gasteiger partial charge in [0.2, 0.25) is 0 Å². The van der Waals surface area contributed by atoms with E-state index in [1.54, 1.807) is 0 Å². The van der Waals surface area contributed by atoms with Crippen molar-refractivity contribution in [2.24, 2.45) is 4.99 Å². The second-order valence-electron chi connectivity index (χ2n) is 3.40. The Bertz CT molecular complexity index is 267. The van der Waals surface area contributed by atoms with Crippen LogP contribution in [0.2, 0.25) is 0 Å². The number of hydrogen-bond donors (Lipinski definition) is 0. The molecule has 2 unspecified atom stereocenters. The lowest BCUT2D eigenvalue weighted by Crippen LogP contribution is -2.28. The highest BCUT2D eigenvalue weighted by atomic mass is 16.5. The van der Waals surface area contributed by atoms with Crippen molar-refractivity contribution >= 4 is 5.71 Å². The predicted octanol–water partition coefficient (Wildman–Crippen LogP) is 1.73. The first-order chi connectivity index (χ1) is 5.74. The molecule has 0 radical (unpaired) electrons. The fraction of sp³-hybridized carbons (Fsp3) is 0.500. The van der Waals surface area contributed by atoms with E-state index in [-0.39, 0.29) is 11.7 Å². The van der Waals surface area contributed by atoms with Crippen LogP contribution in [0.5, 0.6) is 0 Å². The van der Waals surface area contributed by atoms with Gasteiger partial charge >= 0.3 is 0 Å². The van der Waals surface area contributed by atoms with Crippen LogP contribution in [0.3, 0.4) is 0 Å². The zero-order valence-corrected chi connectivity index (χ0v) is 7.29. The molecule has 2 aliphatic heterocycles. The van der Waals surface area contributed by atoms with Crippen molar-refractivity contribution < 1.29 is 4.74 Å². The summed E-state index contributed by atoms with van der Waals surface area (Å²) in [7, 11) is 0. The minimum atomic E-state index is -0.201. The van der Waals surface area contributed by atoms with Gasteiger partial charge < -0.3 is 4.74 Å². The van der Waals surface area contributed by atoms with Gasteiger partial charge in [-0.2, -0.15) is 0 Å². The van der Waals surface area contributed by atoms with Crippen LogP contribution < -0.4 is 0 Å². The zero-order valence-electron chi connectivity index (χ0n) is 7.29. The maximum absolute atomic E-state index is 5.69. The van der Waals surface area contributed by atoms with Crippen LogP contribution in [-0.4, -0.2) is 24.0 Å². The lowest BCUT2D eigenvalue weighted by molar-refractivity contribution is 0.0685. The Morgan fingerprint density at radius 3 is 3.25 bits per heavy atom. The smallest absolute Gasteiger partial charge is 0.122 e. The van der Waals surface area contributed by atoms with Gasteiger partial charge in [0.15, 0.2) is 0 Å². The number of aliphatic imine (C=N–C) groups is 1. The Morgan fingerprint density at radius 1 is 1.92 bits per heavy atom. The van der Waals surface area contributed by atoms with Gasteiger partial charge in [0.05, 0.1) is 18.4 Å². The fourth-order valence-corrected chi connectivity index (χ4v) is 1.75. The molecule has 0 aromatic rings. The monoisotopic (exact) mass is 163 g/mol. The highest BCUT2D eigenvalue weighted by Crippen LogP contribution is 2.35. The third-order valence-corrected chi connectivity index (χ3v) is 2.40. The summed E-state index contributed by atoms with van der Waals surface area (Å²) in [6.07, 6.45) is 7.27. The average molecular weight is 163 g/mol. The summed E-state index contributed by atoms with van der Waals surface area (Å²) in [5.74, 6) is 0. The fourth-order valence-electron chi connectivity index (χ4n) is 1.75. The van der Waals surface area contributed by atoms with E-state index >= 15 is 0 Å². The molecule has 2 atom stereocenters. The molecule has 2 heteroatoms. The van der Waals surface area contributed by atoms with E-state index in [1.807, 2.05) is 6.08 Å². The van der Waals surface area contributed by atoms with Gasteiger partial charge in [-0.05, 0) is 13.0 Å². The summed E-state index contributed by atoms with van der Waals surface area (Å²) in [6.45, 7) is 6.41. The van der Waals surface area contributed by atoms with Gasteiger partial charge in [-0.3, -0.25) is 4.99 Å². The van der Waals surface area contributed by atoms with Crippen molar-refractivity contribution in [3.05, 3.63) is 24.8 Å².